The Labute approximate surface area is 456 Å². The molecule has 0 bridgehead atoms. The molecule has 0 spiro atoms. The number of hydrogen-bond donors (Lipinski definition) is 0. The van der Waals surface area contributed by atoms with E-state index in [9.17, 15) is 9.59 Å². The number of rotatable bonds is 52. The Bertz CT molecular complexity index is 1670. The summed E-state index contributed by atoms with van der Waals surface area (Å²) < 4.78 is 17.4. The van der Waals surface area contributed by atoms with Gasteiger partial charge in [-0.25, -0.2) is 0 Å². The van der Waals surface area contributed by atoms with E-state index < -0.39 is 6.10 Å². The van der Waals surface area contributed by atoms with E-state index in [1.807, 2.05) is 0 Å². The van der Waals surface area contributed by atoms with Gasteiger partial charge in [-0.3, -0.25) is 9.59 Å². The molecular formula is C69H108O5. The number of unbranched alkanes of at least 4 members (excludes halogenated alkanes) is 13. The van der Waals surface area contributed by atoms with Gasteiger partial charge in [-0.2, -0.15) is 0 Å². The second-order valence-electron chi connectivity index (χ2n) is 18.7. The van der Waals surface area contributed by atoms with Crippen LogP contribution in [0, 0.1) is 0 Å². The Balaban J connectivity index is 4.49. The smallest absolute Gasteiger partial charge is 0.306 e. The lowest BCUT2D eigenvalue weighted by molar-refractivity contribution is -0.163. The van der Waals surface area contributed by atoms with Crippen LogP contribution in [0.2, 0.25) is 0 Å². The fourth-order valence-corrected chi connectivity index (χ4v) is 7.45. The first-order valence-corrected chi connectivity index (χ1v) is 29.7. The molecule has 0 aromatic carbocycles. The van der Waals surface area contributed by atoms with E-state index >= 15 is 0 Å². The van der Waals surface area contributed by atoms with Crippen LogP contribution >= 0.6 is 0 Å². The molecule has 1 unspecified atom stereocenters. The third-order valence-corrected chi connectivity index (χ3v) is 11.7. The van der Waals surface area contributed by atoms with Crippen molar-refractivity contribution in [2.75, 3.05) is 19.8 Å². The van der Waals surface area contributed by atoms with Crippen LogP contribution in [0.3, 0.4) is 0 Å². The summed E-state index contributed by atoms with van der Waals surface area (Å²) in [6.07, 6.45) is 93.8. The molecule has 0 aliphatic carbocycles. The zero-order chi connectivity index (χ0) is 53.4. The summed E-state index contributed by atoms with van der Waals surface area (Å²) in [5.74, 6) is -0.473. The summed E-state index contributed by atoms with van der Waals surface area (Å²) in [6, 6.07) is 0. The van der Waals surface area contributed by atoms with E-state index in [-0.39, 0.29) is 25.2 Å². The Morgan fingerprint density at radius 1 is 0.297 bits per heavy atom. The quantitative estimate of drug-likeness (QED) is 0.0345. The van der Waals surface area contributed by atoms with Crippen LogP contribution in [-0.2, 0) is 23.8 Å². The van der Waals surface area contributed by atoms with E-state index in [1.165, 1.54) is 38.5 Å². The minimum absolute atomic E-state index is 0.0360. The van der Waals surface area contributed by atoms with E-state index in [0.29, 0.717) is 19.4 Å². The molecule has 0 rings (SSSR count). The van der Waals surface area contributed by atoms with Crippen molar-refractivity contribution in [3.8, 4) is 0 Å². The fraction of sp³-hybridized carbons (Fsp3) is 0.565. The number of hydrogen-bond acceptors (Lipinski definition) is 5. The molecule has 0 saturated carbocycles. The second kappa shape index (κ2) is 62.6. The summed E-state index contributed by atoms with van der Waals surface area (Å²) in [6.45, 7) is 7.30. The van der Waals surface area contributed by atoms with Crippen LogP contribution < -0.4 is 0 Å². The predicted molar refractivity (Wildman–Crippen MR) is 324 cm³/mol. The highest BCUT2D eigenvalue weighted by Gasteiger charge is 2.17. The lowest BCUT2D eigenvalue weighted by Gasteiger charge is -2.18. The van der Waals surface area contributed by atoms with Crippen molar-refractivity contribution in [3.05, 3.63) is 170 Å². The van der Waals surface area contributed by atoms with E-state index in [2.05, 4.69) is 191 Å². The molecule has 5 nitrogen and oxygen atoms in total. The first-order valence-electron chi connectivity index (χ1n) is 29.7. The Hall–Kier alpha value is -4.74. The Morgan fingerprint density at radius 2 is 0.568 bits per heavy atom. The molecule has 1 atom stereocenters. The van der Waals surface area contributed by atoms with Gasteiger partial charge in [-0.05, 0) is 141 Å². The number of ether oxygens (including phenoxy) is 3. The SMILES string of the molecule is CC/C=C\C/C=C\C/C=C\C/C=C\C/C=C\C/C=C\CCCOCC(COC(=O)CCCCCCCC/C=C\C/C=C\C/C=C\C/C=C\CC)OC(=O)CCCCCCCC/C=C\C/C=C\C/C=C\C/C=C\CC. The van der Waals surface area contributed by atoms with Crippen LogP contribution in [0.1, 0.15) is 226 Å². The summed E-state index contributed by atoms with van der Waals surface area (Å²) >= 11 is 0. The van der Waals surface area contributed by atoms with Crippen LogP contribution in [0.5, 0.6) is 0 Å². The van der Waals surface area contributed by atoms with E-state index in [4.69, 9.17) is 14.2 Å². The number of esters is 2. The zero-order valence-corrected chi connectivity index (χ0v) is 47.5. The molecule has 0 saturated heterocycles. The summed E-state index contributed by atoms with van der Waals surface area (Å²) in [5, 5.41) is 0. The monoisotopic (exact) mass is 1020 g/mol. The third kappa shape index (κ3) is 59.8. The van der Waals surface area contributed by atoms with Crippen molar-refractivity contribution >= 4 is 11.9 Å². The standard InChI is InChI=1S/C69H108O5/c1-4-7-10-13-16-19-22-25-28-31-34-37-40-43-46-49-52-55-58-61-64-72-65-67(74-69(71)63-60-57-54-51-48-45-42-39-36-33-30-27-24-21-18-15-12-9-6-3)66-73-68(70)62-59-56-53-50-47-44-41-38-35-32-29-26-23-20-17-14-11-8-5-2/h7-12,16-21,25-30,34-39,43,46,52,55,67H,4-6,13-15,22-24,31-33,40-42,44-45,47-51,53-54,56-66H2,1-3H3/b10-7-,11-8-,12-9-,19-16-,20-17-,21-18-,28-25-,29-26-,30-27-,37-34-,38-35-,39-36-,46-43-,55-52-. The summed E-state index contributed by atoms with van der Waals surface area (Å²) in [4.78, 5) is 25.6. The molecule has 0 fully saturated rings. The van der Waals surface area contributed by atoms with Crippen molar-refractivity contribution in [3.63, 3.8) is 0 Å². The average molecular weight is 1020 g/mol. The van der Waals surface area contributed by atoms with Gasteiger partial charge >= 0.3 is 11.9 Å². The van der Waals surface area contributed by atoms with Crippen molar-refractivity contribution in [2.24, 2.45) is 0 Å². The van der Waals surface area contributed by atoms with Crippen LogP contribution in [-0.4, -0.2) is 37.9 Å². The highest BCUT2D eigenvalue weighted by Crippen LogP contribution is 2.13. The minimum Gasteiger partial charge on any atom is -0.462 e. The molecule has 0 aromatic heterocycles. The van der Waals surface area contributed by atoms with Gasteiger partial charge in [0.05, 0.1) is 6.61 Å². The first-order chi connectivity index (χ1) is 36.6. The van der Waals surface area contributed by atoms with Gasteiger partial charge in [0.1, 0.15) is 6.61 Å². The van der Waals surface area contributed by atoms with Gasteiger partial charge in [0.15, 0.2) is 6.10 Å². The zero-order valence-electron chi connectivity index (χ0n) is 47.5. The van der Waals surface area contributed by atoms with Crippen LogP contribution in [0.15, 0.2) is 170 Å². The van der Waals surface area contributed by atoms with E-state index in [1.54, 1.807) is 0 Å². The Morgan fingerprint density at radius 3 is 0.905 bits per heavy atom. The van der Waals surface area contributed by atoms with Crippen molar-refractivity contribution in [1.82, 2.24) is 0 Å². The molecular weight excluding hydrogens is 909 g/mol. The molecule has 0 amide bonds. The molecule has 5 heteroatoms. The maximum Gasteiger partial charge on any atom is 0.306 e. The number of carbonyl (C=O) groups excluding carboxylic acids is 2. The molecule has 0 aliphatic heterocycles. The molecule has 0 aliphatic rings. The van der Waals surface area contributed by atoms with Crippen molar-refractivity contribution in [1.29, 1.82) is 0 Å². The molecule has 0 N–H and O–H groups in total. The lowest BCUT2D eigenvalue weighted by atomic mass is 10.1. The van der Waals surface area contributed by atoms with E-state index in [0.717, 1.165) is 154 Å². The molecule has 0 aromatic rings. The van der Waals surface area contributed by atoms with Gasteiger partial charge in [-0.1, -0.05) is 242 Å². The second-order valence-corrected chi connectivity index (χ2v) is 18.7. The highest BCUT2D eigenvalue weighted by atomic mass is 16.6. The van der Waals surface area contributed by atoms with Crippen molar-refractivity contribution in [2.45, 2.75) is 232 Å². The average Bonchev–Trinajstić information content (AvgIpc) is 3.40. The fourth-order valence-electron chi connectivity index (χ4n) is 7.45. The topological polar surface area (TPSA) is 61.8 Å². The normalized spacial score (nSPS) is 13.5. The summed E-state index contributed by atoms with van der Waals surface area (Å²) in [7, 11) is 0. The van der Waals surface area contributed by atoms with Crippen molar-refractivity contribution < 1.29 is 23.8 Å². The van der Waals surface area contributed by atoms with Gasteiger partial charge < -0.3 is 14.2 Å². The third-order valence-electron chi connectivity index (χ3n) is 11.7. The van der Waals surface area contributed by atoms with Gasteiger partial charge in [0.25, 0.3) is 0 Å². The van der Waals surface area contributed by atoms with Crippen LogP contribution in [0.25, 0.3) is 0 Å². The van der Waals surface area contributed by atoms with Gasteiger partial charge in [0.2, 0.25) is 0 Å². The molecule has 0 heterocycles. The minimum atomic E-state index is -0.596. The molecule has 74 heavy (non-hydrogen) atoms. The van der Waals surface area contributed by atoms with Gasteiger partial charge in [-0.15, -0.1) is 0 Å². The largest absolute Gasteiger partial charge is 0.462 e. The van der Waals surface area contributed by atoms with Crippen LogP contribution in [0.4, 0.5) is 0 Å². The highest BCUT2D eigenvalue weighted by molar-refractivity contribution is 5.70. The molecule has 0 radical (unpaired) electrons. The molecule has 414 valence electrons. The summed E-state index contributed by atoms with van der Waals surface area (Å²) in [5.41, 5.74) is 0. The van der Waals surface area contributed by atoms with Gasteiger partial charge in [0, 0.05) is 19.4 Å². The number of allylic oxidation sites excluding steroid dienone is 28. The maximum absolute atomic E-state index is 12.9. The Kier molecular flexibility index (Phi) is 58.5. The first kappa shape index (κ1) is 69.3. The lowest BCUT2D eigenvalue weighted by Crippen LogP contribution is -2.30. The maximum atomic E-state index is 12.9. The predicted octanol–water partition coefficient (Wildman–Crippen LogP) is 20.8. The number of carbonyl (C=O) groups is 2.